The molecule has 9 nitrogen and oxygen atoms in total. The van der Waals surface area contributed by atoms with Gasteiger partial charge in [-0.2, -0.15) is 0 Å². The minimum absolute atomic E-state index is 0.189. The van der Waals surface area contributed by atoms with E-state index in [0.29, 0.717) is 25.0 Å². The van der Waals surface area contributed by atoms with Crippen LogP contribution in [-0.4, -0.2) is 57.5 Å². The van der Waals surface area contributed by atoms with Gasteiger partial charge in [0.05, 0.1) is 12.6 Å². The number of carbonyl (C=O) groups is 2. The Kier molecular flexibility index (Phi) is 5.83. The van der Waals surface area contributed by atoms with Crippen molar-refractivity contribution in [2.24, 2.45) is 0 Å². The lowest BCUT2D eigenvalue weighted by Gasteiger charge is -2.42. The first-order valence-electron chi connectivity index (χ1n) is 11.5. The van der Waals surface area contributed by atoms with Gasteiger partial charge in [-0.15, -0.1) is 0 Å². The quantitative estimate of drug-likeness (QED) is 0.660. The maximum Gasteiger partial charge on any atom is 0.274 e. The van der Waals surface area contributed by atoms with E-state index in [1.165, 1.54) is 4.57 Å². The molecule has 0 aliphatic carbocycles. The summed E-state index contributed by atoms with van der Waals surface area (Å²) in [7, 11) is 0. The van der Waals surface area contributed by atoms with Crippen molar-refractivity contribution in [2.45, 2.75) is 57.2 Å². The first-order valence-corrected chi connectivity index (χ1v) is 11.5. The van der Waals surface area contributed by atoms with Gasteiger partial charge < -0.3 is 29.4 Å². The number of aromatic nitrogens is 1. The van der Waals surface area contributed by atoms with Gasteiger partial charge in [-0.3, -0.25) is 14.4 Å². The molecule has 36 heavy (non-hydrogen) atoms. The number of aromatic hydroxyl groups is 1. The molecule has 5 rings (SSSR count). The lowest BCUT2D eigenvalue weighted by Crippen LogP contribution is -2.53. The number of ether oxygens (including phenoxy) is 2. The van der Waals surface area contributed by atoms with Gasteiger partial charge >= 0.3 is 0 Å². The number of nitrogens with one attached hydrogen (secondary N) is 1. The molecule has 2 N–H and O–H groups in total. The number of fused-ring (bicyclic) bond motifs is 5. The van der Waals surface area contributed by atoms with Crippen molar-refractivity contribution in [1.29, 1.82) is 0 Å². The second-order valence-electron chi connectivity index (χ2n) is 9.43. The normalized spacial score (nSPS) is 27.2. The number of benzene rings is 1. The molecule has 0 radical (unpaired) electrons. The first kappa shape index (κ1) is 24.3. The topological polar surface area (TPSA) is 110 Å². The summed E-state index contributed by atoms with van der Waals surface area (Å²) in [5.41, 5.74) is -3.36. The van der Waals surface area contributed by atoms with Gasteiger partial charge in [0, 0.05) is 43.0 Å². The standard InChI is InChI=1S/C24H24F3N3O6/c1-11-3-4-24(10-35-12(2)36-24)18-9-29(11)23(34)19-21(32)20(31)15(8-30(18)19)22(33)28-7-14-16(26)5-13(25)6-17(14)27/h5-6,8,11-12,18,32H,3-4,7,9-10H2,1-2H3,(H,28,33)/t11-,12?,18+,24-/m0/s1. The molecule has 1 spiro atoms. The third-order valence-electron chi connectivity index (χ3n) is 7.24. The van der Waals surface area contributed by atoms with Crippen LogP contribution in [0.3, 0.4) is 0 Å². The van der Waals surface area contributed by atoms with Crippen LogP contribution in [-0.2, 0) is 16.0 Å². The van der Waals surface area contributed by atoms with Crippen molar-refractivity contribution in [3.05, 3.63) is 62.8 Å². The molecule has 1 aromatic carbocycles. The van der Waals surface area contributed by atoms with E-state index in [-0.39, 0.29) is 24.9 Å². The van der Waals surface area contributed by atoms with Crippen LogP contribution in [0.1, 0.15) is 59.1 Å². The van der Waals surface area contributed by atoms with Gasteiger partial charge in [0.2, 0.25) is 5.43 Å². The van der Waals surface area contributed by atoms with Crippen molar-refractivity contribution in [3.8, 4) is 5.75 Å². The Bertz CT molecular complexity index is 1310. The fraction of sp³-hybridized carbons (Fsp3) is 0.458. The minimum Gasteiger partial charge on any atom is -0.503 e. The lowest BCUT2D eigenvalue weighted by atomic mass is 9.89. The Balaban J connectivity index is 1.55. The van der Waals surface area contributed by atoms with Crippen LogP contribution in [0.15, 0.2) is 23.1 Å². The largest absolute Gasteiger partial charge is 0.503 e. The zero-order valence-electron chi connectivity index (χ0n) is 19.5. The van der Waals surface area contributed by atoms with Gasteiger partial charge in [0.15, 0.2) is 17.7 Å². The van der Waals surface area contributed by atoms with E-state index < -0.39 is 76.0 Å². The summed E-state index contributed by atoms with van der Waals surface area (Å²) in [6.45, 7) is 3.35. The van der Waals surface area contributed by atoms with E-state index in [9.17, 15) is 32.7 Å². The number of rotatable bonds is 3. The summed E-state index contributed by atoms with van der Waals surface area (Å²) in [5.74, 6) is -6.01. The van der Waals surface area contributed by atoms with Gasteiger partial charge in [-0.25, -0.2) is 13.2 Å². The maximum atomic E-state index is 14.0. The van der Waals surface area contributed by atoms with Gasteiger partial charge in [0.25, 0.3) is 11.8 Å². The molecule has 2 aromatic rings. The Morgan fingerprint density at radius 2 is 1.92 bits per heavy atom. The van der Waals surface area contributed by atoms with Crippen molar-refractivity contribution in [2.75, 3.05) is 13.2 Å². The van der Waals surface area contributed by atoms with E-state index in [1.807, 2.05) is 6.92 Å². The molecule has 3 aliphatic rings. The molecule has 3 aliphatic heterocycles. The van der Waals surface area contributed by atoms with Crippen molar-refractivity contribution < 1.29 is 37.3 Å². The number of nitrogens with zero attached hydrogens (tertiary/aromatic N) is 2. The van der Waals surface area contributed by atoms with E-state index in [4.69, 9.17) is 9.47 Å². The summed E-state index contributed by atoms with van der Waals surface area (Å²) in [6, 6.07) is 0.174. The minimum atomic E-state index is -1.20. The SMILES string of the molecule is CC1OC[C@]2(CC[C@H](C)N3C[C@H]2n2cc(C(=O)NCc4c(F)cc(F)cc4F)c(=O)c(O)c2C3=O)O1. The van der Waals surface area contributed by atoms with Crippen LogP contribution in [0.5, 0.6) is 5.75 Å². The van der Waals surface area contributed by atoms with Crippen LogP contribution in [0.2, 0.25) is 0 Å². The van der Waals surface area contributed by atoms with Crippen molar-refractivity contribution >= 4 is 11.8 Å². The molecule has 2 saturated heterocycles. The highest BCUT2D eigenvalue weighted by Crippen LogP contribution is 2.45. The maximum absolute atomic E-state index is 14.0. The van der Waals surface area contributed by atoms with E-state index in [1.54, 1.807) is 11.8 Å². The zero-order valence-corrected chi connectivity index (χ0v) is 19.5. The molecule has 2 fully saturated rings. The van der Waals surface area contributed by atoms with Crippen molar-refractivity contribution in [3.63, 3.8) is 0 Å². The van der Waals surface area contributed by atoms with Crippen LogP contribution >= 0.6 is 0 Å². The highest BCUT2D eigenvalue weighted by molar-refractivity contribution is 5.99. The predicted molar refractivity (Wildman–Crippen MR) is 118 cm³/mol. The average molecular weight is 507 g/mol. The number of carbonyl (C=O) groups excluding carboxylic acids is 2. The third kappa shape index (κ3) is 3.75. The number of halogens is 3. The molecule has 0 saturated carbocycles. The molecule has 1 unspecified atom stereocenters. The Morgan fingerprint density at radius 3 is 2.56 bits per heavy atom. The van der Waals surface area contributed by atoms with Gasteiger partial charge in [-0.1, -0.05) is 0 Å². The number of pyridine rings is 1. The second-order valence-corrected chi connectivity index (χ2v) is 9.43. The summed E-state index contributed by atoms with van der Waals surface area (Å²) in [4.78, 5) is 40.6. The monoisotopic (exact) mass is 507 g/mol. The smallest absolute Gasteiger partial charge is 0.274 e. The molecule has 1 aromatic heterocycles. The summed E-state index contributed by atoms with van der Waals surface area (Å²) < 4.78 is 54.4. The summed E-state index contributed by atoms with van der Waals surface area (Å²) in [5, 5.41) is 13.0. The summed E-state index contributed by atoms with van der Waals surface area (Å²) in [6.07, 6.45) is 1.78. The zero-order chi connectivity index (χ0) is 25.9. The first-order chi connectivity index (χ1) is 17.0. The fourth-order valence-corrected chi connectivity index (χ4v) is 5.28. The number of hydrogen-bond acceptors (Lipinski definition) is 6. The molecular formula is C24H24F3N3O6. The van der Waals surface area contributed by atoms with Gasteiger partial charge in [0.1, 0.15) is 28.6 Å². The highest BCUT2D eigenvalue weighted by atomic mass is 19.1. The third-order valence-corrected chi connectivity index (χ3v) is 7.24. The molecule has 4 heterocycles. The number of amides is 2. The fourth-order valence-electron chi connectivity index (χ4n) is 5.28. The molecular weight excluding hydrogens is 483 g/mol. The molecule has 2 amide bonds. The lowest BCUT2D eigenvalue weighted by molar-refractivity contribution is -0.0988. The molecule has 4 atom stereocenters. The van der Waals surface area contributed by atoms with E-state index in [2.05, 4.69) is 5.32 Å². The van der Waals surface area contributed by atoms with Crippen LogP contribution in [0.25, 0.3) is 0 Å². The van der Waals surface area contributed by atoms with Gasteiger partial charge in [-0.05, 0) is 26.7 Å². The Hall–Kier alpha value is -3.38. The molecule has 12 heteroatoms. The molecule has 192 valence electrons. The van der Waals surface area contributed by atoms with E-state index in [0.717, 1.165) is 6.20 Å². The number of hydrogen-bond donors (Lipinski definition) is 2. The average Bonchev–Trinajstić information content (AvgIpc) is 3.14. The van der Waals surface area contributed by atoms with E-state index >= 15 is 0 Å². The molecule has 2 bridgehead atoms. The Morgan fingerprint density at radius 1 is 1.22 bits per heavy atom. The predicted octanol–water partition coefficient (Wildman–Crippen LogP) is 2.21. The van der Waals surface area contributed by atoms with Crippen molar-refractivity contribution in [1.82, 2.24) is 14.8 Å². The van der Waals surface area contributed by atoms with Crippen LogP contribution in [0.4, 0.5) is 13.2 Å². The highest BCUT2D eigenvalue weighted by Gasteiger charge is 2.54. The summed E-state index contributed by atoms with van der Waals surface area (Å²) >= 11 is 0. The van der Waals surface area contributed by atoms with Crippen LogP contribution in [0, 0.1) is 17.5 Å². The Labute approximate surface area is 203 Å². The van der Waals surface area contributed by atoms with Crippen LogP contribution < -0.4 is 10.7 Å². The second kappa shape index (κ2) is 8.63.